The Bertz CT molecular complexity index is 152. The fourth-order valence-electron chi connectivity index (χ4n) is 2.02. The van der Waals surface area contributed by atoms with Gasteiger partial charge in [-0.05, 0) is 25.7 Å². The van der Waals surface area contributed by atoms with Crippen LogP contribution in [0, 0.1) is 0 Å². The van der Waals surface area contributed by atoms with Gasteiger partial charge in [-0.2, -0.15) is 0 Å². The monoisotopic (exact) mass is 240 g/mol. The molecule has 0 radical (unpaired) electrons. The fraction of sp³-hybridized carbons (Fsp3) is 0.875. The quantitative estimate of drug-likeness (QED) is 0.345. The summed E-state index contributed by atoms with van der Waals surface area (Å²) in [7, 11) is 0. The Balaban J connectivity index is 2.96. The lowest BCUT2D eigenvalue weighted by Gasteiger charge is -2.00. The molecule has 0 spiro atoms. The van der Waals surface area contributed by atoms with Crippen LogP contribution in [0.5, 0.6) is 0 Å². The van der Waals surface area contributed by atoms with Crippen molar-refractivity contribution in [3.05, 3.63) is 12.2 Å². The summed E-state index contributed by atoms with van der Waals surface area (Å²) < 4.78 is 0. The van der Waals surface area contributed by atoms with E-state index in [0.717, 1.165) is 12.8 Å². The van der Waals surface area contributed by atoms with Gasteiger partial charge in [-0.3, -0.25) is 0 Å². The van der Waals surface area contributed by atoms with E-state index in [2.05, 4.69) is 19.1 Å². The van der Waals surface area contributed by atoms with Crippen molar-refractivity contribution in [2.24, 2.45) is 0 Å². The first-order valence-electron chi connectivity index (χ1n) is 7.67. The second kappa shape index (κ2) is 15.7. The summed E-state index contributed by atoms with van der Waals surface area (Å²) in [5, 5.41) is 8.61. The molecule has 0 heterocycles. The molecule has 0 rings (SSSR count). The zero-order valence-corrected chi connectivity index (χ0v) is 11.8. The van der Waals surface area contributed by atoms with E-state index >= 15 is 0 Å². The molecule has 102 valence electrons. The lowest BCUT2D eigenvalue weighted by molar-refractivity contribution is 0.289. The molecule has 0 aliphatic rings. The molecule has 0 fully saturated rings. The van der Waals surface area contributed by atoms with Gasteiger partial charge in [0.2, 0.25) is 0 Å². The average Bonchev–Trinajstić information content (AvgIpc) is 2.35. The standard InChI is InChI=1S/C16H32O/c1-2-3-4-5-6-7-8-9-10-11-12-13-14-15-16-17/h12-13,17H,2-11,14-16H2,1H3/b13-12+. The van der Waals surface area contributed by atoms with E-state index in [-0.39, 0.29) is 0 Å². The van der Waals surface area contributed by atoms with Gasteiger partial charge in [0, 0.05) is 6.61 Å². The summed E-state index contributed by atoms with van der Waals surface area (Å²) >= 11 is 0. The van der Waals surface area contributed by atoms with Gasteiger partial charge in [0.25, 0.3) is 0 Å². The van der Waals surface area contributed by atoms with Crippen molar-refractivity contribution in [1.29, 1.82) is 0 Å². The Morgan fingerprint density at radius 1 is 0.647 bits per heavy atom. The Morgan fingerprint density at radius 3 is 1.65 bits per heavy atom. The molecule has 0 aliphatic carbocycles. The van der Waals surface area contributed by atoms with Crippen LogP contribution in [0.2, 0.25) is 0 Å². The van der Waals surface area contributed by atoms with Crippen LogP contribution in [0.1, 0.15) is 84.0 Å². The second-order valence-electron chi connectivity index (χ2n) is 4.95. The van der Waals surface area contributed by atoms with Crippen LogP contribution in [-0.2, 0) is 0 Å². The maximum Gasteiger partial charge on any atom is 0.0433 e. The van der Waals surface area contributed by atoms with Gasteiger partial charge in [-0.25, -0.2) is 0 Å². The molecule has 1 heteroatoms. The molecule has 17 heavy (non-hydrogen) atoms. The van der Waals surface area contributed by atoms with Crippen LogP contribution in [0.4, 0.5) is 0 Å². The molecular formula is C16H32O. The van der Waals surface area contributed by atoms with Gasteiger partial charge in [-0.1, -0.05) is 70.4 Å². The van der Waals surface area contributed by atoms with E-state index < -0.39 is 0 Å². The summed E-state index contributed by atoms with van der Waals surface area (Å²) in [6, 6.07) is 0. The molecule has 0 aromatic heterocycles. The van der Waals surface area contributed by atoms with E-state index in [9.17, 15) is 0 Å². The molecule has 0 aliphatic heterocycles. The lowest BCUT2D eigenvalue weighted by atomic mass is 10.1. The Hall–Kier alpha value is -0.300. The SMILES string of the molecule is CCCCCCCCCCC/C=C/CCCO. The predicted molar refractivity (Wildman–Crippen MR) is 77.3 cm³/mol. The minimum Gasteiger partial charge on any atom is -0.396 e. The first-order valence-corrected chi connectivity index (χ1v) is 7.67. The highest BCUT2D eigenvalue weighted by molar-refractivity contribution is 4.81. The number of rotatable bonds is 13. The van der Waals surface area contributed by atoms with Crippen molar-refractivity contribution in [2.45, 2.75) is 84.0 Å². The molecule has 0 unspecified atom stereocenters. The highest BCUT2D eigenvalue weighted by Gasteiger charge is 1.91. The maximum atomic E-state index is 8.61. The summed E-state index contributed by atoms with van der Waals surface area (Å²) in [6.45, 7) is 2.59. The molecule has 1 N–H and O–H groups in total. The van der Waals surface area contributed by atoms with Crippen LogP contribution in [-0.4, -0.2) is 11.7 Å². The van der Waals surface area contributed by atoms with E-state index in [1.807, 2.05) is 0 Å². The third kappa shape index (κ3) is 15.7. The van der Waals surface area contributed by atoms with Crippen LogP contribution >= 0.6 is 0 Å². The maximum absolute atomic E-state index is 8.61. The van der Waals surface area contributed by atoms with Gasteiger partial charge in [0.05, 0.1) is 0 Å². The summed E-state index contributed by atoms with van der Waals surface area (Å²) in [5.74, 6) is 0. The fourth-order valence-corrected chi connectivity index (χ4v) is 2.02. The van der Waals surface area contributed by atoms with Crippen molar-refractivity contribution in [1.82, 2.24) is 0 Å². The van der Waals surface area contributed by atoms with Crippen LogP contribution in [0.25, 0.3) is 0 Å². The minimum atomic E-state index is 0.322. The van der Waals surface area contributed by atoms with Crippen LogP contribution in [0.3, 0.4) is 0 Å². The molecule has 1 nitrogen and oxygen atoms in total. The molecule has 0 bridgehead atoms. The largest absolute Gasteiger partial charge is 0.396 e. The zero-order valence-electron chi connectivity index (χ0n) is 11.8. The number of aliphatic hydroxyl groups is 1. The third-order valence-corrected chi connectivity index (χ3v) is 3.17. The highest BCUT2D eigenvalue weighted by Crippen LogP contribution is 2.10. The molecule has 0 amide bonds. The number of aliphatic hydroxyl groups excluding tert-OH is 1. The van der Waals surface area contributed by atoms with E-state index in [1.165, 1.54) is 64.2 Å². The normalized spacial score (nSPS) is 11.4. The van der Waals surface area contributed by atoms with Crippen molar-refractivity contribution in [3.8, 4) is 0 Å². The van der Waals surface area contributed by atoms with E-state index in [0.29, 0.717) is 6.61 Å². The first-order chi connectivity index (χ1) is 8.41. The van der Waals surface area contributed by atoms with E-state index in [1.54, 1.807) is 0 Å². The number of hydrogen-bond donors (Lipinski definition) is 1. The van der Waals surface area contributed by atoms with Crippen molar-refractivity contribution in [2.75, 3.05) is 6.61 Å². The lowest BCUT2D eigenvalue weighted by Crippen LogP contribution is -1.81. The van der Waals surface area contributed by atoms with Crippen LogP contribution in [0.15, 0.2) is 12.2 Å². The number of allylic oxidation sites excluding steroid dienone is 2. The van der Waals surface area contributed by atoms with Gasteiger partial charge < -0.3 is 5.11 Å². The zero-order chi connectivity index (χ0) is 12.6. The molecule has 0 saturated heterocycles. The first kappa shape index (κ1) is 16.7. The van der Waals surface area contributed by atoms with Gasteiger partial charge in [-0.15, -0.1) is 0 Å². The van der Waals surface area contributed by atoms with Gasteiger partial charge in [0.1, 0.15) is 0 Å². The Labute approximate surface area is 108 Å². The molecule has 0 aromatic carbocycles. The van der Waals surface area contributed by atoms with Crippen molar-refractivity contribution < 1.29 is 5.11 Å². The molecular weight excluding hydrogens is 208 g/mol. The Morgan fingerprint density at radius 2 is 1.12 bits per heavy atom. The van der Waals surface area contributed by atoms with Crippen LogP contribution < -0.4 is 0 Å². The summed E-state index contributed by atoms with van der Waals surface area (Å²) in [6.07, 6.45) is 20.3. The van der Waals surface area contributed by atoms with Crippen molar-refractivity contribution in [3.63, 3.8) is 0 Å². The number of hydrogen-bond acceptors (Lipinski definition) is 1. The molecule has 0 saturated carbocycles. The van der Waals surface area contributed by atoms with Gasteiger partial charge in [0.15, 0.2) is 0 Å². The highest BCUT2D eigenvalue weighted by atomic mass is 16.2. The smallest absolute Gasteiger partial charge is 0.0433 e. The average molecular weight is 240 g/mol. The van der Waals surface area contributed by atoms with E-state index in [4.69, 9.17) is 5.11 Å². The Kier molecular flexibility index (Phi) is 15.4. The third-order valence-electron chi connectivity index (χ3n) is 3.17. The summed E-state index contributed by atoms with van der Waals surface area (Å²) in [4.78, 5) is 0. The minimum absolute atomic E-state index is 0.322. The topological polar surface area (TPSA) is 20.2 Å². The second-order valence-corrected chi connectivity index (χ2v) is 4.95. The van der Waals surface area contributed by atoms with Crippen molar-refractivity contribution >= 4 is 0 Å². The number of unbranched alkanes of at least 4 members (excludes halogenated alkanes) is 10. The molecule has 0 atom stereocenters. The summed E-state index contributed by atoms with van der Waals surface area (Å²) in [5.41, 5.74) is 0. The van der Waals surface area contributed by atoms with Gasteiger partial charge >= 0.3 is 0 Å². The predicted octanol–water partition coefficient (Wildman–Crippen LogP) is 5.24. The molecule has 0 aromatic rings.